The van der Waals surface area contributed by atoms with Crippen LogP contribution in [0, 0.1) is 5.92 Å². The summed E-state index contributed by atoms with van der Waals surface area (Å²) in [6, 6.07) is 16.4. The molecule has 3 aromatic rings. The second-order valence-corrected chi connectivity index (χ2v) is 8.48. The Morgan fingerprint density at radius 2 is 1.82 bits per heavy atom. The Balaban J connectivity index is 1.29. The number of esters is 2. The minimum atomic E-state index is -0.662. The van der Waals surface area contributed by atoms with Crippen molar-refractivity contribution in [1.29, 1.82) is 0 Å². The van der Waals surface area contributed by atoms with Crippen LogP contribution in [0.2, 0.25) is 0 Å². The summed E-state index contributed by atoms with van der Waals surface area (Å²) in [5.74, 6) is -1.44. The van der Waals surface area contributed by atoms with Gasteiger partial charge in [0.25, 0.3) is 0 Å². The molecule has 2 heterocycles. The second-order valence-electron chi connectivity index (χ2n) is 7.53. The van der Waals surface area contributed by atoms with Crippen LogP contribution >= 0.6 is 11.3 Å². The number of ketones is 1. The molecule has 1 amide bonds. The Labute approximate surface area is 199 Å². The number of benzene rings is 2. The highest BCUT2D eigenvalue weighted by Gasteiger charge is 2.36. The maximum Gasteiger partial charge on any atom is 0.353 e. The first-order valence-electron chi connectivity index (χ1n) is 10.4. The van der Waals surface area contributed by atoms with Gasteiger partial charge in [0.15, 0.2) is 12.4 Å². The number of rotatable bonds is 8. The van der Waals surface area contributed by atoms with Crippen molar-refractivity contribution in [1.82, 2.24) is 0 Å². The molecule has 0 radical (unpaired) electrons. The molecule has 1 fully saturated rings. The molecule has 34 heavy (non-hydrogen) atoms. The number of nitrogens with zero attached hydrogens (tertiary/aromatic N) is 1. The van der Waals surface area contributed by atoms with E-state index in [1.807, 2.05) is 0 Å². The van der Waals surface area contributed by atoms with E-state index in [4.69, 9.17) is 14.2 Å². The van der Waals surface area contributed by atoms with Crippen molar-refractivity contribution in [2.24, 2.45) is 5.92 Å². The number of hydrogen-bond acceptors (Lipinski definition) is 8. The Morgan fingerprint density at radius 1 is 1.03 bits per heavy atom. The van der Waals surface area contributed by atoms with E-state index < -0.39 is 30.2 Å². The van der Waals surface area contributed by atoms with E-state index in [0.29, 0.717) is 27.6 Å². The molecular formula is C25H21NO7S. The lowest BCUT2D eigenvalue weighted by Gasteiger charge is -2.17. The first kappa shape index (κ1) is 23.2. The molecule has 0 N–H and O–H groups in total. The lowest BCUT2D eigenvalue weighted by molar-refractivity contribution is -0.147. The third-order valence-corrected chi connectivity index (χ3v) is 6.13. The topological polar surface area (TPSA) is 99.2 Å². The van der Waals surface area contributed by atoms with Gasteiger partial charge in [-0.05, 0) is 47.8 Å². The van der Waals surface area contributed by atoms with Crippen LogP contribution in [0.1, 0.15) is 26.5 Å². The summed E-state index contributed by atoms with van der Waals surface area (Å²) < 4.78 is 15.6. The molecule has 9 heteroatoms. The molecule has 2 aromatic carbocycles. The van der Waals surface area contributed by atoms with Gasteiger partial charge in [-0.2, -0.15) is 0 Å². The fraction of sp³-hybridized carbons (Fsp3) is 0.200. The van der Waals surface area contributed by atoms with E-state index in [1.54, 1.807) is 41.8 Å². The standard InChI is InChI=1S/C25H21NO7S/c1-31-20-5-2-4-18(13-20)26-14-17(12-23(26)28)24(29)32-15-21(27)16-7-9-19(10-8-16)33-25(30)22-6-3-11-34-22/h2-11,13,17H,12,14-15H2,1H3. The molecule has 0 spiro atoms. The number of thiophene rings is 1. The quantitative estimate of drug-likeness (QED) is 0.276. The van der Waals surface area contributed by atoms with Gasteiger partial charge in [-0.1, -0.05) is 12.1 Å². The molecule has 0 aliphatic carbocycles. The Bertz CT molecular complexity index is 1200. The monoisotopic (exact) mass is 479 g/mol. The molecule has 174 valence electrons. The Kier molecular flexibility index (Phi) is 7.03. The highest BCUT2D eigenvalue weighted by atomic mass is 32.1. The summed E-state index contributed by atoms with van der Waals surface area (Å²) in [5, 5.41) is 1.78. The van der Waals surface area contributed by atoms with Crippen LogP contribution in [-0.4, -0.2) is 43.9 Å². The van der Waals surface area contributed by atoms with Crippen molar-refractivity contribution in [3.8, 4) is 11.5 Å². The third kappa shape index (κ3) is 5.32. The summed E-state index contributed by atoms with van der Waals surface area (Å²) in [5.41, 5.74) is 0.944. The van der Waals surface area contributed by atoms with Gasteiger partial charge in [-0.15, -0.1) is 11.3 Å². The number of Topliss-reactive ketones (excluding diaryl/α,β-unsaturated/α-hetero) is 1. The maximum absolute atomic E-state index is 12.5. The summed E-state index contributed by atoms with van der Waals surface area (Å²) >= 11 is 1.27. The SMILES string of the molecule is COc1cccc(N2CC(C(=O)OCC(=O)c3ccc(OC(=O)c4cccs4)cc3)CC2=O)c1. The van der Waals surface area contributed by atoms with Crippen molar-refractivity contribution in [3.63, 3.8) is 0 Å². The van der Waals surface area contributed by atoms with E-state index in [2.05, 4.69) is 0 Å². The van der Waals surface area contributed by atoms with Gasteiger partial charge in [0.1, 0.15) is 16.4 Å². The zero-order chi connectivity index (χ0) is 24.1. The predicted molar refractivity (Wildman–Crippen MR) is 124 cm³/mol. The number of ether oxygens (including phenoxy) is 3. The zero-order valence-electron chi connectivity index (χ0n) is 18.3. The van der Waals surface area contributed by atoms with E-state index in [1.165, 1.54) is 47.6 Å². The summed E-state index contributed by atoms with van der Waals surface area (Å²) in [4.78, 5) is 51.3. The number of amides is 1. The van der Waals surface area contributed by atoms with Gasteiger partial charge < -0.3 is 19.1 Å². The molecule has 4 rings (SSSR count). The molecule has 1 aromatic heterocycles. The Morgan fingerprint density at radius 3 is 2.53 bits per heavy atom. The molecule has 0 bridgehead atoms. The molecule has 1 unspecified atom stereocenters. The number of anilines is 1. The lowest BCUT2D eigenvalue weighted by Crippen LogP contribution is -2.27. The van der Waals surface area contributed by atoms with Crippen molar-refractivity contribution >= 4 is 40.7 Å². The van der Waals surface area contributed by atoms with Crippen molar-refractivity contribution < 1.29 is 33.4 Å². The van der Waals surface area contributed by atoms with E-state index in [9.17, 15) is 19.2 Å². The summed E-state index contributed by atoms with van der Waals surface area (Å²) in [6.45, 7) is -0.277. The predicted octanol–water partition coefficient (Wildman–Crippen LogP) is 3.75. The fourth-order valence-electron chi connectivity index (χ4n) is 3.49. The number of carbonyl (C=O) groups is 4. The molecular weight excluding hydrogens is 458 g/mol. The van der Waals surface area contributed by atoms with Crippen LogP contribution in [0.25, 0.3) is 0 Å². The third-order valence-electron chi connectivity index (χ3n) is 5.28. The van der Waals surface area contributed by atoms with E-state index in [0.717, 1.165) is 0 Å². The second kappa shape index (κ2) is 10.3. The van der Waals surface area contributed by atoms with Gasteiger partial charge >= 0.3 is 11.9 Å². The highest BCUT2D eigenvalue weighted by molar-refractivity contribution is 7.12. The summed E-state index contributed by atoms with van der Waals surface area (Å²) in [6.07, 6.45) is 0.00847. The van der Waals surface area contributed by atoms with Gasteiger partial charge in [0.2, 0.25) is 5.91 Å². The maximum atomic E-state index is 12.5. The minimum absolute atomic E-state index is 0.00847. The van der Waals surface area contributed by atoms with Crippen LogP contribution in [-0.2, 0) is 14.3 Å². The first-order valence-corrected chi connectivity index (χ1v) is 11.3. The molecule has 1 aliphatic rings. The normalized spacial score (nSPS) is 15.1. The van der Waals surface area contributed by atoms with Crippen LogP contribution < -0.4 is 14.4 Å². The van der Waals surface area contributed by atoms with Crippen LogP contribution in [0.15, 0.2) is 66.0 Å². The van der Waals surface area contributed by atoms with E-state index >= 15 is 0 Å². The lowest BCUT2D eigenvalue weighted by atomic mass is 10.1. The van der Waals surface area contributed by atoms with Crippen LogP contribution in [0.5, 0.6) is 11.5 Å². The van der Waals surface area contributed by atoms with Gasteiger partial charge in [-0.25, -0.2) is 4.79 Å². The molecule has 8 nitrogen and oxygen atoms in total. The molecule has 1 atom stereocenters. The van der Waals surface area contributed by atoms with Crippen molar-refractivity contribution in [3.05, 3.63) is 76.5 Å². The zero-order valence-corrected chi connectivity index (χ0v) is 19.1. The fourth-order valence-corrected chi connectivity index (χ4v) is 4.09. The van der Waals surface area contributed by atoms with Crippen LogP contribution in [0.4, 0.5) is 5.69 Å². The summed E-state index contributed by atoms with van der Waals surface area (Å²) in [7, 11) is 1.54. The smallest absolute Gasteiger partial charge is 0.353 e. The van der Waals surface area contributed by atoms with Gasteiger partial charge in [0, 0.05) is 30.3 Å². The minimum Gasteiger partial charge on any atom is -0.497 e. The first-order chi connectivity index (χ1) is 16.4. The van der Waals surface area contributed by atoms with Crippen molar-refractivity contribution in [2.45, 2.75) is 6.42 Å². The molecule has 0 saturated carbocycles. The molecule has 1 aliphatic heterocycles. The number of carbonyl (C=O) groups excluding carboxylic acids is 4. The van der Waals surface area contributed by atoms with Crippen molar-refractivity contribution in [2.75, 3.05) is 25.2 Å². The van der Waals surface area contributed by atoms with Gasteiger partial charge in [0.05, 0.1) is 13.0 Å². The van der Waals surface area contributed by atoms with E-state index in [-0.39, 0.29) is 18.9 Å². The molecule has 1 saturated heterocycles. The highest BCUT2D eigenvalue weighted by Crippen LogP contribution is 2.28. The Hall–Kier alpha value is -3.98. The van der Waals surface area contributed by atoms with Gasteiger partial charge in [-0.3, -0.25) is 14.4 Å². The number of methoxy groups -OCH3 is 1. The largest absolute Gasteiger partial charge is 0.497 e. The average Bonchev–Trinajstić information content (AvgIpc) is 3.53. The van der Waals surface area contributed by atoms with Crippen LogP contribution in [0.3, 0.4) is 0 Å². The average molecular weight is 480 g/mol. The number of hydrogen-bond donors (Lipinski definition) is 0.